The Morgan fingerprint density at radius 1 is 1.54 bits per heavy atom. The summed E-state index contributed by atoms with van der Waals surface area (Å²) < 4.78 is 1.91. The smallest absolute Gasteiger partial charge is 0.240 e. The van der Waals surface area contributed by atoms with E-state index in [-0.39, 0.29) is 24.0 Å². The molecule has 1 heterocycles. The van der Waals surface area contributed by atoms with E-state index >= 15 is 0 Å². The van der Waals surface area contributed by atoms with E-state index in [0.717, 1.165) is 5.69 Å². The normalized spacial score (nSPS) is 10.8. The van der Waals surface area contributed by atoms with Gasteiger partial charge in [0.05, 0.1) is 0 Å². The van der Waals surface area contributed by atoms with Crippen molar-refractivity contribution in [3.05, 3.63) is 30.1 Å². The largest absolute Gasteiger partial charge is 1.00 e. The summed E-state index contributed by atoms with van der Waals surface area (Å²) in [4.78, 5) is 0. The van der Waals surface area contributed by atoms with E-state index in [9.17, 15) is 0 Å². The summed E-state index contributed by atoms with van der Waals surface area (Å²) in [6.45, 7) is 0. The van der Waals surface area contributed by atoms with Gasteiger partial charge in [0.2, 0.25) is 10.7 Å². The summed E-state index contributed by atoms with van der Waals surface area (Å²) in [6.07, 6.45) is 3.79. The van der Waals surface area contributed by atoms with E-state index in [0.29, 0.717) is 5.04 Å². The Kier molecular flexibility index (Phi) is 6.06. The van der Waals surface area contributed by atoms with E-state index in [1.165, 1.54) is 11.8 Å². The van der Waals surface area contributed by atoms with Gasteiger partial charge in [-0.05, 0) is 12.3 Å². The van der Waals surface area contributed by atoms with Crippen LogP contribution >= 0.6 is 11.8 Å². The number of pyridine rings is 1. The highest BCUT2D eigenvalue weighted by atomic mass is 127. The summed E-state index contributed by atoms with van der Waals surface area (Å²) >= 11 is 1.42. The third-order valence-electron chi connectivity index (χ3n) is 1.56. The Morgan fingerprint density at radius 3 is 2.69 bits per heavy atom. The standard InChI is InChI=1S/C8H10N2OS.HI/c1-10-6-4-3-5-7(10)8(9-11)12-2;/h3-6H,1-2H3;1H. The molecule has 0 saturated heterocycles. The predicted molar refractivity (Wildman–Crippen MR) is 49.5 cm³/mol. The molecule has 1 aromatic heterocycles. The highest BCUT2D eigenvalue weighted by Gasteiger charge is 2.12. The summed E-state index contributed by atoms with van der Waals surface area (Å²) in [6, 6.07) is 5.75. The van der Waals surface area contributed by atoms with Gasteiger partial charge in [0.1, 0.15) is 7.05 Å². The Balaban J connectivity index is 0.00000144. The fraction of sp³-hybridized carbons (Fsp3) is 0.250. The van der Waals surface area contributed by atoms with E-state index < -0.39 is 0 Å². The van der Waals surface area contributed by atoms with Gasteiger partial charge in [-0.25, -0.2) is 0 Å². The van der Waals surface area contributed by atoms with Crippen LogP contribution in [0.3, 0.4) is 0 Å². The molecular formula is C8H11IN2OS. The molecule has 0 unspecified atom stereocenters. The number of aryl methyl sites for hydroxylation is 1. The Bertz CT molecular complexity index is 304. The van der Waals surface area contributed by atoms with Crippen molar-refractivity contribution < 1.29 is 33.8 Å². The number of rotatable bonds is 1. The first-order valence-electron chi connectivity index (χ1n) is 3.50. The van der Waals surface area contributed by atoms with Gasteiger partial charge < -0.3 is 29.2 Å². The van der Waals surface area contributed by atoms with Crippen LogP contribution in [-0.4, -0.2) is 16.5 Å². The Morgan fingerprint density at radius 2 is 2.23 bits per heavy atom. The molecule has 0 aliphatic rings. The molecule has 1 aromatic rings. The number of thioether (sulfide) groups is 1. The quantitative estimate of drug-likeness (QED) is 0.163. The number of halogens is 1. The van der Waals surface area contributed by atoms with Gasteiger partial charge in [-0.1, -0.05) is 16.9 Å². The number of oxime groups is 1. The second-order valence-electron chi connectivity index (χ2n) is 2.31. The van der Waals surface area contributed by atoms with E-state index in [1.54, 1.807) is 0 Å². The maximum atomic E-state index is 8.66. The van der Waals surface area contributed by atoms with Crippen molar-refractivity contribution in [2.45, 2.75) is 0 Å². The van der Waals surface area contributed by atoms with Crippen molar-refractivity contribution in [2.24, 2.45) is 12.2 Å². The molecule has 5 heteroatoms. The minimum atomic E-state index is 0. The zero-order valence-electron chi connectivity index (χ0n) is 7.44. The lowest BCUT2D eigenvalue weighted by Gasteiger charge is -1.97. The summed E-state index contributed by atoms with van der Waals surface area (Å²) in [5.74, 6) is 0. The molecule has 1 rings (SSSR count). The highest BCUT2D eigenvalue weighted by Crippen LogP contribution is 2.05. The molecule has 72 valence electrons. The second kappa shape index (κ2) is 6.20. The number of hydrogen-bond donors (Lipinski definition) is 1. The molecule has 13 heavy (non-hydrogen) atoms. The zero-order valence-corrected chi connectivity index (χ0v) is 10.4. The van der Waals surface area contributed by atoms with Crippen LogP contribution in [0, 0.1) is 0 Å². The average molecular weight is 310 g/mol. The van der Waals surface area contributed by atoms with Crippen LogP contribution in [0.25, 0.3) is 0 Å². The van der Waals surface area contributed by atoms with Crippen LogP contribution in [0.5, 0.6) is 0 Å². The van der Waals surface area contributed by atoms with Crippen molar-refractivity contribution in [3.63, 3.8) is 0 Å². The maximum Gasteiger partial charge on any atom is 0.240 e. The van der Waals surface area contributed by atoms with Crippen molar-refractivity contribution in [2.75, 3.05) is 6.26 Å². The first kappa shape index (κ1) is 12.7. The molecule has 0 atom stereocenters. The fourth-order valence-electron chi connectivity index (χ4n) is 0.942. The Labute approximate surface area is 98.9 Å². The molecule has 0 radical (unpaired) electrons. The first-order chi connectivity index (χ1) is 5.79. The molecule has 0 saturated carbocycles. The maximum absolute atomic E-state index is 8.66. The summed E-state index contributed by atoms with van der Waals surface area (Å²) in [5.41, 5.74) is 0.910. The SMILES string of the molecule is CS/C(=N\O)c1cccc[n+]1C.[I-]. The number of hydrogen-bond acceptors (Lipinski definition) is 3. The van der Waals surface area contributed by atoms with E-state index in [2.05, 4.69) is 5.16 Å². The lowest BCUT2D eigenvalue weighted by Crippen LogP contribution is -3.00. The van der Waals surface area contributed by atoms with Gasteiger partial charge in [-0.3, -0.25) is 0 Å². The minimum Gasteiger partial charge on any atom is -1.00 e. The minimum absolute atomic E-state index is 0. The number of nitrogens with zero attached hydrogens (tertiary/aromatic N) is 2. The second-order valence-corrected chi connectivity index (χ2v) is 3.10. The molecule has 0 bridgehead atoms. The van der Waals surface area contributed by atoms with E-state index in [1.807, 2.05) is 42.3 Å². The number of aromatic nitrogens is 1. The third-order valence-corrected chi connectivity index (χ3v) is 2.24. The molecule has 1 N–H and O–H groups in total. The predicted octanol–water partition coefficient (Wildman–Crippen LogP) is -1.99. The van der Waals surface area contributed by atoms with Gasteiger partial charge in [0, 0.05) is 12.1 Å². The van der Waals surface area contributed by atoms with Gasteiger partial charge in [-0.2, -0.15) is 4.57 Å². The van der Waals surface area contributed by atoms with Crippen molar-refractivity contribution in [1.29, 1.82) is 0 Å². The molecule has 0 aliphatic heterocycles. The molecule has 0 amide bonds. The molecule has 0 aliphatic carbocycles. The van der Waals surface area contributed by atoms with Crippen molar-refractivity contribution >= 4 is 16.8 Å². The first-order valence-corrected chi connectivity index (χ1v) is 4.73. The summed E-state index contributed by atoms with van der Waals surface area (Å²) in [7, 11) is 1.91. The van der Waals surface area contributed by atoms with Crippen molar-refractivity contribution in [3.8, 4) is 0 Å². The molecule has 0 fully saturated rings. The monoisotopic (exact) mass is 310 g/mol. The van der Waals surface area contributed by atoms with E-state index in [4.69, 9.17) is 5.21 Å². The lowest BCUT2D eigenvalue weighted by atomic mass is 10.3. The topological polar surface area (TPSA) is 36.5 Å². The van der Waals surface area contributed by atoms with Crippen molar-refractivity contribution in [1.82, 2.24) is 0 Å². The van der Waals surface area contributed by atoms with Crippen LogP contribution in [0.2, 0.25) is 0 Å². The molecular weight excluding hydrogens is 299 g/mol. The van der Waals surface area contributed by atoms with Crippen LogP contribution in [0.4, 0.5) is 0 Å². The zero-order chi connectivity index (χ0) is 8.97. The van der Waals surface area contributed by atoms with Crippen LogP contribution in [0.15, 0.2) is 29.6 Å². The van der Waals surface area contributed by atoms with Gasteiger partial charge >= 0.3 is 0 Å². The fourth-order valence-corrected chi connectivity index (χ4v) is 1.44. The third kappa shape index (κ3) is 3.15. The summed E-state index contributed by atoms with van der Waals surface area (Å²) in [5, 5.41) is 12.5. The van der Waals surface area contributed by atoms with Crippen LogP contribution in [0.1, 0.15) is 5.69 Å². The molecule has 3 nitrogen and oxygen atoms in total. The lowest BCUT2D eigenvalue weighted by molar-refractivity contribution is -0.672. The van der Waals surface area contributed by atoms with Gasteiger partial charge in [0.25, 0.3) is 0 Å². The molecule has 0 aromatic carbocycles. The highest BCUT2D eigenvalue weighted by molar-refractivity contribution is 8.13. The molecule has 0 spiro atoms. The average Bonchev–Trinajstić information content (AvgIpc) is 2.10. The van der Waals surface area contributed by atoms with Gasteiger partial charge in [0.15, 0.2) is 6.20 Å². The van der Waals surface area contributed by atoms with Crippen LogP contribution < -0.4 is 28.5 Å². The Hall–Kier alpha value is -0.300. The van der Waals surface area contributed by atoms with Crippen LogP contribution in [-0.2, 0) is 7.05 Å². The van der Waals surface area contributed by atoms with Gasteiger partial charge in [-0.15, -0.1) is 0 Å².